The van der Waals surface area contributed by atoms with Crippen molar-refractivity contribution in [2.24, 2.45) is 4.99 Å². The lowest BCUT2D eigenvalue weighted by Crippen LogP contribution is -2.20. The van der Waals surface area contributed by atoms with Crippen molar-refractivity contribution in [3.8, 4) is 0 Å². The van der Waals surface area contributed by atoms with E-state index in [0.717, 1.165) is 25.3 Å². The molecular formula is C12H16N2. The number of aryl methyl sites for hydroxylation is 2. The smallest absolute Gasteiger partial charge is 0.101 e. The molecule has 2 nitrogen and oxygen atoms in total. The van der Waals surface area contributed by atoms with Gasteiger partial charge < -0.3 is 5.32 Å². The molecule has 0 unspecified atom stereocenters. The van der Waals surface area contributed by atoms with E-state index in [2.05, 4.69) is 42.4 Å². The molecular weight excluding hydrogens is 172 g/mol. The van der Waals surface area contributed by atoms with E-state index in [0.29, 0.717) is 0 Å². The summed E-state index contributed by atoms with van der Waals surface area (Å²) in [4.78, 5) is 4.39. The average molecular weight is 188 g/mol. The molecule has 1 N–H and O–H groups in total. The fourth-order valence-electron chi connectivity index (χ4n) is 1.67. The van der Waals surface area contributed by atoms with Gasteiger partial charge in [-0.05, 0) is 30.5 Å². The highest BCUT2D eigenvalue weighted by atomic mass is 15.1. The SMILES string of the molecule is Cc1ccc(CC2=NCCN2)cc1C. The molecule has 2 rings (SSSR count). The maximum absolute atomic E-state index is 4.39. The van der Waals surface area contributed by atoms with Crippen LogP contribution in [0.3, 0.4) is 0 Å². The van der Waals surface area contributed by atoms with Crippen molar-refractivity contribution in [1.82, 2.24) is 5.32 Å². The van der Waals surface area contributed by atoms with Gasteiger partial charge in [-0.15, -0.1) is 0 Å². The van der Waals surface area contributed by atoms with E-state index in [9.17, 15) is 0 Å². The second-order valence-electron chi connectivity index (χ2n) is 3.85. The number of nitrogens with zero attached hydrogens (tertiary/aromatic N) is 1. The minimum absolute atomic E-state index is 0.931. The summed E-state index contributed by atoms with van der Waals surface area (Å²) in [5.74, 6) is 1.13. The Hall–Kier alpha value is -1.31. The molecule has 0 amide bonds. The van der Waals surface area contributed by atoms with Gasteiger partial charge in [0.15, 0.2) is 0 Å². The molecule has 0 saturated heterocycles. The van der Waals surface area contributed by atoms with E-state index in [-0.39, 0.29) is 0 Å². The number of nitrogens with one attached hydrogen (secondary N) is 1. The van der Waals surface area contributed by atoms with Crippen LogP contribution in [0, 0.1) is 13.8 Å². The van der Waals surface area contributed by atoms with Gasteiger partial charge in [-0.25, -0.2) is 0 Å². The Morgan fingerprint density at radius 2 is 2.14 bits per heavy atom. The predicted octanol–water partition coefficient (Wildman–Crippen LogP) is 1.85. The molecule has 74 valence electrons. The number of rotatable bonds is 2. The van der Waals surface area contributed by atoms with E-state index in [1.54, 1.807) is 0 Å². The fraction of sp³-hybridized carbons (Fsp3) is 0.417. The van der Waals surface area contributed by atoms with Gasteiger partial charge in [-0.1, -0.05) is 18.2 Å². The summed E-state index contributed by atoms with van der Waals surface area (Å²) in [5.41, 5.74) is 4.07. The first-order chi connectivity index (χ1) is 6.75. The molecule has 0 bridgehead atoms. The highest BCUT2D eigenvalue weighted by Crippen LogP contribution is 2.10. The first-order valence-electron chi connectivity index (χ1n) is 5.09. The van der Waals surface area contributed by atoms with Crippen LogP contribution in [-0.4, -0.2) is 18.9 Å². The minimum Gasteiger partial charge on any atom is -0.372 e. The number of hydrogen-bond donors (Lipinski definition) is 1. The quantitative estimate of drug-likeness (QED) is 0.752. The van der Waals surface area contributed by atoms with E-state index >= 15 is 0 Å². The lowest BCUT2D eigenvalue weighted by Gasteiger charge is -2.05. The first kappa shape index (κ1) is 9.25. The number of benzene rings is 1. The molecule has 1 aromatic rings. The van der Waals surface area contributed by atoms with Gasteiger partial charge in [0.25, 0.3) is 0 Å². The summed E-state index contributed by atoms with van der Waals surface area (Å²) in [5, 5.41) is 3.29. The van der Waals surface area contributed by atoms with E-state index in [4.69, 9.17) is 0 Å². The molecule has 2 heteroatoms. The summed E-state index contributed by atoms with van der Waals surface area (Å²) in [6.07, 6.45) is 0.946. The van der Waals surface area contributed by atoms with Crippen LogP contribution in [0.4, 0.5) is 0 Å². The van der Waals surface area contributed by atoms with E-state index in [1.165, 1.54) is 16.7 Å². The Morgan fingerprint density at radius 1 is 1.29 bits per heavy atom. The highest BCUT2D eigenvalue weighted by molar-refractivity contribution is 5.85. The summed E-state index contributed by atoms with van der Waals surface area (Å²) < 4.78 is 0. The monoisotopic (exact) mass is 188 g/mol. The van der Waals surface area contributed by atoms with Gasteiger partial charge in [0.1, 0.15) is 5.84 Å². The topological polar surface area (TPSA) is 24.4 Å². The van der Waals surface area contributed by atoms with Crippen LogP contribution < -0.4 is 5.32 Å². The Bertz CT molecular complexity index is 367. The van der Waals surface area contributed by atoms with Crippen LogP contribution in [0.2, 0.25) is 0 Å². The van der Waals surface area contributed by atoms with Crippen molar-refractivity contribution in [2.75, 3.05) is 13.1 Å². The fourth-order valence-corrected chi connectivity index (χ4v) is 1.67. The standard InChI is InChI=1S/C12H16N2/c1-9-3-4-11(7-10(9)2)8-12-13-5-6-14-12/h3-4,7H,5-6,8H2,1-2H3,(H,13,14). The summed E-state index contributed by atoms with van der Waals surface area (Å²) in [6.45, 7) is 6.23. The zero-order valence-electron chi connectivity index (χ0n) is 8.80. The van der Waals surface area contributed by atoms with E-state index in [1.807, 2.05) is 0 Å². The predicted molar refractivity (Wildman–Crippen MR) is 59.9 cm³/mol. The minimum atomic E-state index is 0.931. The van der Waals surface area contributed by atoms with Gasteiger partial charge in [0, 0.05) is 13.0 Å². The third-order valence-electron chi connectivity index (χ3n) is 2.69. The maximum Gasteiger partial charge on any atom is 0.101 e. The van der Waals surface area contributed by atoms with Crippen LogP contribution >= 0.6 is 0 Å². The Labute approximate surface area is 85.1 Å². The van der Waals surface area contributed by atoms with Crippen LogP contribution in [0.25, 0.3) is 0 Å². The van der Waals surface area contributed by atoms with Crippen molar-refractivity contribution in [2.45, 2.75) is 20.3 Å². The van der Waals surface area contributed by atoms with Crippen LogP contribution in [0.15, 0.2) is 23.2 Å². The molecule has 0 aliphatic carbocycles. The lowest BCUT2D eigenvalue weighted by atomic mass is 10.0. The highest BCUT2D eigenvalue weighted by Gasteiger charge is 2.06. The van der Waals surface area contributed by atoms with Crippen molar-refractivity contribution in [3.05, 3.63) is 34.9 Å². The summed E-state index contributed by atoms with van der Waals surface area (Å²) >= 11 is 0. The zero-order chi connectivity index (χ0) is 9.97. The van der Waals surface area contributed by atoms with Gasteiger partial charge in [0.05, 0.1) is 6.54 Å². The molecule has 0 aromatic heterocycles. The van der Waals surface area contributed by atoms with Gasteiger partial charge in [0.2, 0.25) is 0 Å². The molecule has 1 aliphatic rings. The molecule has 1 aliphatic heterocycles. The molecule has 1 heterocycles. The zero-order valence-corrected chi connectivity index (χ0v) is 8.80. The largest absolute Gasteiger partial charge is 0.372 e. The second kappa shape index (κ2) is 3.82. The van der Waals surface area contributed by atoms with Crippen LogP contribution in [-0.2, 0) is 6.42 Å². The normalized spacial score (nSPS) is 15.1. The molecule has 0 radical (unpaired) electrons. The maximum atomic E-state index is 4.39. The molecule has 1 aromatic carbocycles. The average Bonchev–Trinajstić information content (AvgIpc) is 2.64. The lowest BCUT2D eigenvalue weighted by molar-refractivity contribution is 0.953. The van der Waals surface area contributed by atoms with Gasteiger partial charge in [-0.2, -0.15) is 0 Å². The van der Waals surface area contributed by atoms with Gasteiger partial charge in [-0.3, -0.25) is 4.99 Å². The molecule has 14 heavy (non-hydrogen) atoms. The van der Waals surface area contributed by atoms with Crippen LogP contribution in [0.1, 0.15) is 16.7 Å². The third kappa shape index (κ3) is 1.95. The Balaban J connectivity index is 2.13. The van der Waals surface area contributed by atoms with Crippen molar-refractivity contribution >= 4 is 5.84 Å². The van der Waals surface area contributed by atoms with Crippen molar-refractivity contribution < 1.29 is 0 Å². The summed E-state index contributed by atoms with van der Waals surface area (Å²) in [7, 11) is 0. The Kier molecular flexibility index (Phi) is 2.53. The van der Waals surface area contributed by atoms with Gasteiger partial charge >= 0.3 is 0 Å². The molecule has 0 fully saturated rings. The second-order valence-corrected chi connectivity index (χ2v) is 3.85. The van der Waals surface area contributed by atoms with E-state index < -0.39 is 0 Å². The Morgan fingerprint density at radius 3 is 2.79 bits per heavy atom. The number of aliphatic imine (C=N–C) groups is 1. The van der Waals surface area contributed by atoms with Crippen LogP contribution in [0.5, 0.6) is 0 Å². The number of hydrogen-bond acceptors (Lipinski definition) is 2. The van der Waals surface area contributed by atoms with Crippen molar-refractivity contribution in [3.63, 3.8) is 0 Å². The number of amidine groups is 1. The third-order valence-corrected chi connectivity index (χ3v) is 2.69. The summed E-state index contributed by atoms with van der Waals surface area (Å²) in [6, 6.07) is 6.61. The molecule has 0 atom stereocenters. The van der Waals surface area contributed by atoms with Crippen molar-refractivity contribution in [1.29, 1.82) is 0 Å². The molecule has 0 spiro atoms. The molecule has 0 saturated carbocycles. The first-order valence-corrected chi connectivity index (χ1v) is 5.09.